The van der Waals surface area contributed by atoms with Gasteiger partial charge < -0.3 is 10.6 Å². The molecule has 0 spiro atoms. The summed E-state index contributed by atoms with van der Waals surface area (Å²) in [7, 11) is 1.75. The zero-order chi connectivity index (χ0) is 11.9. The van der Waals surface area contributed by atoms with Crippen molar-refractivity contribution in [1.82, 2.24) is 4.90 Å². The van der Waals surface area contributed by atoms with E-state index in [1.165, 1.54) is 0 Å². The van der Waals surface area contributed by atoms with E-state index in [0.717, 1.165) is 5.56 Å². The Kier molecular flexibility index (Phi) is 4.67. The Bertz CT molecular complexity index is 439. The Hall–Kier alpha value is -0.480. The third-order valence-electron chi connectivity index (χ3n) is 2.91. The van der Waals surface area contributed by atoms with Crippen LogP contribution >= 0.6 is 35.6 Å². The molecule has 2 atom stereocenters. The van der Waals surface area contributed by atoms with Crippen LogP contribution in [-0.2, 0) is 4.79 Å². The van der Waals surface area contributed by atoms with Crippen molar-refractivity contribution >= 4 is 41.5 Å². The molecule has 17 heavy (non-hydrogen) atoms. The monoisotopic (exact) mass is 294 g/mol. The zero-order valence-electron chi connectivity index (χ0n) is 9.19. The Balaban J connectivity index is 0.00000144. The molecule has 1 aromatic rings. The van der Waals surface area contributed by atoms with Gasteiger partial charge in [-0.2, -0.15) is 0 Å². The predicted octanol–water partition coefficient (Wildman–Crippen LogP) is 2.65. The number of hydrogen-bond donors (Lipinski definition) is 1. The maximum atomic E-state index is 11.5. The first-order chi connectivity index (χ1) is 7.50. The minimum atomic E-state index is -0.185. The van der Waals surface area contributed by atoms with Gasteiger partial charge in [-0.05, 0) is 17.7 Å². The van der Waals surface area contributed by atoms with Crippen molar-refractivity contribution in [2.75, 3.05) is 7.05 Å². The summed E-state index contributed by atoms with van der Waals surface area (Å²) >= 11 is 11.8. The van der Waals surface area contributed by atoms with Gasteiger partial charge >= 0.3 is 0 Å². The van der Waals surface area contributed by atoms with Gasteiger partial charge in [0.1, 0.15) is 0 Å². The van der Waals surface area contributed by atoms with Crippen LogP contribution in [0.3, 0.4) is 0 Å². The average Bonchev–Trinajstić information content (AvgIpc) is 2.47. The summed E-state index contributed by atoms with van der Waals surface area (Å²) in [5.41, 5.74) is 6.87. The van der Waals surface area contributed by atoms with Crippen LogP contribution in [0.5, 0.6) is 0 Å². The summed E-state index contributed by atoms with van der Waals surface area (Å²) in [5.74, 6) is 0.0589. The van der Waals surface area contributed by atoms with Crippen molar-refractivity contribution in [2.24, 2.45) is 5.73 Å². The van der Waals surface area contributed by atoms with E-state index in [9.17, 15) is 4.79 Å². The van der Waals surface area contributed by atoms with Gasteiger partial charge in [0.25, 0.3) is 0 Å². The highest BCUT2D eigenvalue weighted by atomic mass is 35.5. The molecule has 0 bridgehead atoms. The number of rotatable bonds is 1. The molecule has 1 aliphatic heterocycles. The molecule has 2 unspecified atom stereocenters. The summed E-state index contributed by atoms with van der Waals surface area (Å²) in [6.07, 6.45) is 0.376. The number of benzene rings is 1. The molecule has 1 heterocycles. The summed E-state index contributed by atoms with van der Waals surface area (Å²) in [6.45, 7) is 0. The van der Waals surface area contributed by atoms with Crippen LogP contribution in [0.4, 0.5) is 0 Å². The SMILES string of the molecule is CN1C(=O)CC(N)C1c1ccc(Cl)c(Cl)c1.Cl. The quantitative estimate of drug-likeness (QED) is 0.866. The predicted molar refractivity (Wildman–Crippen MR) is 71.8 cm³/mol. The molecular formula is C11H13Cl3N2O. The molecule has 2 N–H and O–H groups in total. The van der Waals surface area contributed by atoms with Crippen molar-refractivity contribution in [2.45, 2.75) is 18.5 Å². The molecule has 0 aromatic heterocycles. The first kappa shape index (κ1) is 14.6. The van der Waals surface area contributed by atoms with Crippen LogP contribution < -0.4 is 5.73 Å². The number of carbonyl (C=O) groups is 1. The molecule has 0 radical (unpaired) electrons. The Morgan fingerprint density at radius 2 is 2.00 bits per heavy atom. The highest BCUT2D eigenvalue weighted by Crippen LogP contribution is 2.33. The lowest BCUT2D eigenvalue weighted by Crippen LogP contribution is -2.30. The van der Waals surface area contributed by atoms with Gasteiger partial charge in [0.15, 0.2) is 0 Å². The Morgan fingerprint density at radius 1 is 1.35 bits per heavy atom. The van der Waals surface area contributed by atoms with Crippen LogP contribution in [0.15, 0.2) is 18.2 Å². The number of nitrogens with two attached hydrogens (primary N) is 1. The van der Waals surface area contributed by atoms with Crippen molar-refractivity contribution in [3.63, 3.8) is 0 Å². The molecule has 3 nitrogen and oxygen atoms in total. The van der Waals surface area contributed by atoms with Gasteiger partial charge in [-0.3, -0.25) is 4.79 Å². The molecule has 2 rings (SSSR count). The van der Waals surface area contributed by atoms with Gasteiger partial charge in [-0.15, -0.1) is 12.4 Å². The number of likely N-dealkylation sites (tertiary alicyclic amines) is 1. The smallest absolute Gasteiger partial charge is 0.224 e. The fourth-order valence-corrected chi connectivity index (χ4v) is 2.37. The van der Waals surface area contributed by atoms with Crippen molar-refractivity contribution < 1.29 is 4.79 Å². The van der Waals surface area contributed by atoms with E-state index in [4.69, 9.17) is 28.9 Å². The molecule has 1 fully saturated rings. The molecule has 1 aliphatic rings. The van der Waals surface area contributed by atoms with E-state index < -0.39 is 0 Å². The lowest BCUT2D eigenvalue weighted by Gasteiger charge is -2.23. The first-order valence-electron chi connectivity index (χ1n) is 4.97. The molecule has 6 heteroatoms. The Morgan fingerprint density at radius 3 is 2.47 bits per heavy atom. The minimum absolute atomic E-state index is 0. The fraction of sp³-hybridized carbons (Fsp3) is 0.364. The number of halogens is 3. The number of nitrogens with zero attached hydrogens (tertiary/aromatic N) is 1. The van der Waals surface area contributed by atoms with Crippen molar-refractivity contribution in [1.29, 1.82) is 0 Å². The van der Waals surface area contributed by atoms with E-state index in [1.54, 1.807) is 24.1 Å². The number of amides is 1. The summed E-state index contributed by atoms with van der Waals surface area (Å²) in [6, 6.07) is 5.05. The molecule has 1 amide bonds. The molecular weight excluding hydrogens is 282 g/mol. The minimum Gasteiger partial charge on any atom is -0.337 e. The van der Waals surface area contributed by atoms with Gasteiger partial charge in [0.05, 0.1) is 16.1 Å². The zero-order valence-corrected chi connectivity index (χ0v) is 11.5. The lowest BCUT2D eigenvalue weighted by atomic mass is 10.0. The van der Waals surface area contributed by atoms with Gasteiger partial charge in [0.2, 0.25) is 5.91 Å². The molecule has 1 aromatic carbocycles. The molecule has 94 valence electrons. The summed E-state index contributed by atoms with van der Waals surface area (Å²) in [5, 5.41) is 0.991. The van der Waals surface area contributed by atoms with Crippen molar-refractivity contribution in [3.8, 4) is 0 Å². The molecule has 0 saturated carbocycles. The van der Waals surface area contributed by atoms with E-state index in [1.807, 2.05) is 6.07 Å². The van der Waals surface area contributed by atoms with Crippen LogP contribution in [0.25, 0.3) is 0 Å². The van der Waals surface area contributed by atoms with E-state index >= 15 is 0 Å². The number of hydrogen-bond acceptors (Lipinski definition) is 2. The largest absolute Gasteiger partial charge is 0.337 e. The van der Waals surface area contributed by atoms with Crippen LogP contribution in [0.1, 0.15) is 18.0 Å². The first-order valence-corrected chi connectivity index (χ1v) is 5.72. The fourth-order valence-electron chi connectivity index (χ4n) is 2.07. The average molecular weight is 296 g/mol. The summed E-state index contributed by atoms with van der Waals surface area (Å²) < 4.78 is 0. The third-order valence-corrected chi connectivity index (χ3v) is 3.65. The van der Waals surface area contributed by atoms with Crippen LogP contribution in [-0.4, -0.2) is 23.9 Å². The van der Waals surface area contributed by atoms with Gasteiger partial charge in [-0.1, -0.05) is 29.3 Å². The second-order valence-electron chi connectivity index (χ2n) is 3.99. The van der Waals surface area contributed by atoms with E-state index in [0.29, 0.717) is 16.5 Å². The van der Waals surface area contributed by atoms with Crippen molar-refractivity contribution in [3.05, 3.63) is 33.8 Å². The maximum absolute atomic E-state index is 11.5. The van der Waals surface area contributed by atoms with E-state index in [2.05, 4.69) is 0 Å². The van der Waals surface area contributed by atoms with Crippen LogP contribution in [0.2, 0.25) is 10.0 Å². The molecule has 1 saturated heterocycles. The lowest BCUT2D eigenvalue weighted by molar-refractivity contribution is -0.127. The second kappa shape index (κ2) is 5.44. The van der Waals surface area contributed by atoms with Gasteiger partial charge in [-0.25, -0.2) is 0 Å². The van der Waals surface area contributed by atoms with Gasteiger partial charge in [0, 0.05) is 19.5 Å². The standard InChI is InChI=1S/C11H12Cl2N2O.ClH/c1-15-10(16)5-9(14)11(15)6-2-3-7(12)8(13)4-6;/h2-4,9,11H,5,14H2,1H3;1H. The highest BCUT2D eigenvalue weighted by molar-refractivity contribution is 6.42. The maximum Gasteiger partial charge on any atom is 0.224 e. The van der Waals surface area contributed by atoms with E-state index in [-0.39, 0.29) is 30.4 Å². The topological polar surface area (TPSA) is 46.3 Å². The highest BCUT2D eigenvalue weighted by Gasteiger charge is 2.36. The Labute approximate surface area is 116 Å². The van der Waals surface area contributed by atoms with Crippen LogP contribution in [0, 0.1) is 0 Å². The third kappa shape index (κ3) is 2.68. The molecule has 0 aliphatic carbocycles. The normalized spacial score (nSPS) is 23.8. The second-order valence-corrected chi connectivity index (χ2v) is 4.81. The number of carbonyl (C=O) groups excluding carboxylic acids is 1. The summed E-state index contributed by atoms with van der Waals surface area (Å²) in [4.78, 5) is 13.2. The number of likely N-dealkylation sites (N-methyl/N-ethyl adjacent to an activating group) is 1.